The van der Waals surface area contributed by atoms with Gasteiger partial charge in [0.1, 0.15) is 13.2 Å². The molecule has 2 heterocycles. The maximum absolute atomic E-state index is 12.5. The molecule has 0 bridgehead atoms. The Morgan fingerprint density at radius 3 is 2.65 bits per heavy atom. The predicted molar refractivity (Wildman–Crippen MR) is 86.5 cm³/mol. The molecular weight excluding hydrogens is 316 g/mol. The number of ether oxygens (including phenoxy) is 2. The summed E-state index contributed by atoms with van der Waals surface area (Å²) in [5.74, 6) is 1.00. The van der Waals surface area contributed by atoms with Gasteiger partial charge < -0.3 is 14.5 Å². The summed E-state index contributed by atoms with van der Waals surface area (Å²) in [5.41, 5.74) is 1.36. The number of anilines is 1. The van der Waals surface area contributed by atoms with Crippen molar-refractivity contribution < 1.29 is 17.9 Å². The van der Waals surface area contributed by atoms with E-state index in [0.29, 0.717) is 30.4 Å². The lowest BCUT2D eigenvalue weighted by molar-refractivity contribution is 0.171. The maximum Gasteiger partial charge on any atom is 0.262 e. The first-order valence-electron chi connectivity index (χ1n) is 7.11. The van der Waals surface area contributed by atoms with Gasteiger partial charge in [-0.2, -0.15) is 0 Å². The molecule has 2 N–H and O–H groups in total. The average Bonchev–Trinajstić information content (AvgIpc) is 3.01. The molecule has 0 aliphatic carbocycles. The van der Waals surface area contributed by atoms with Crippen molar-refractivity contribution in [1.82, 2.24) is 4.98 Å². The van der Waals surface area contributed by atoms with Gasteiger partial charge in [0.2, 0.25) is 0 Å². The lowest BCUT2D eigenvalue weighted by atomic mass is 10.2. The number of rotatable bonds is 3. The van der Waals surface area contributed by atoms with Crippen LogP contribution in [0.5, 0.6) is 11.5 Å². The van der Waals surface area contributed by atoms with Crippen molar-refractivity contribution >= 4 is 26.6 Å². The molecule has 0 saturated heterocycles. The normalized spacial score (nSPS) is 13.9. The highest BCUT2D eigenvalue weighted by molar-refractivity contribution is 7.92. The Morgan fingerprint density at radius 1 is 0.957 bits per heavy atom. The first-order valence-corrected chi connectivity index (χ1v) is 8.60. The van der Waals surface area contributed by atoms with Crippen molar-refractivity contribution in [2.24, 2.45) is 0 Å². The number of hydrogen-bond donors (Lipinski definition) is 2. The van der Waals surface area contributed by atoms with Crippen molar-refractivity contribution in [1.29, 1.82) is 0 Å². The second-order valence-electron chi connectivity index (χ2n) is 5.19. The second kappa shape index (κ2) is 5.20. The summed E-state index contributed by atoms with van der Waals surface area (Å²) in [6.45, 7) is 0.876. The Balaban J connectivity index is 1.66. The number of H-pyrrole nitrogens is 1. The lowest BCUT2D eigenvalue weighted by Crippen LogP contribution is -2.17. The van der Waals surface area contributed by atoms with Gasteiger partial charge in [0, 0.05) is 17.8 Å². The third-order valence-electron chi connectivity index (χ3n) is 3.63. The molecule has 3 aromatic rings. The smallest absolute Gasteiger partial charge is 0.262 e. The molecule has 0 saturated carbocycles. The summed E-state index contributed by atoms with van der Waals surface area (Å²) in [6.07, 6.45) is 1.81. The zero-order valence-corrected chi connectivity index (χ0v) is 12.9. The number of nitrogens with one attached hydrogen (secondary N) is 2. The maximum atomic E-state index is 12.5. The minimum atomic E-state index is -3.70. The van der Waals surface area contributed by atoms with Gasteiger partial charge in [0.25, 0.3) is 10.0 Å². The van der Waals surface area contributed by atoms with Gasteiger partial charge in [0.15, 0.2) is 11.5 Å². The van der Waals surface area contributed by atoms with Crippen molar-refractivity contribution in [2.75, 3.05) is 17.9 Å². The van der Waals surface area contributed by atoms with E-state index in [1.807, 2.05) is 18.3 Å². The summed E-state index contributed by atoms with van der Waals surface area (Å²) in [6, 6.07) is 11.9. The van der Waals surface area contributed by atoms with Crippen LogP contribution in [0.2, 0.25) is 0 Å². The number of aromatic nitrogens is 1. The van der Waals surface area contributed by atoms with Gasteiger partial charge in [-0.1, -0.05) is 6.07 Å². The molecule has 1 aliphatic heterocycles. The van der Waals surface area contributed by atoms with Gasteiger partial charge in [-0.05, 0) is 35.7 Å². The molecular formula is C16H14N2O4S. The van der Waals surface area contributed by atoms with Crippen LogP contribution in [0.15, 0.2) is 53.6 Å². The van der Waals surface area contributed by atoms with Crippen LogP contribution in [0, 0.1) is 0 Å². The zero-order chi connectivity index (χ0) is 15.9. The Labute approximate surface area is 133 Å². The third kappa shape index (κ3) is 2.59. The summed E-state index contributed by atoms with van der Waals surface area (Å²) >= 11 is 0. The Hall–Kier alpha value is -2.67. The molecule has 1 aromatic heterocycles. The van der Waals surface area contributed by atoms with E-state index in [0.717, 1.165) is 10.9 Å². The fourth-order valence-electron chi connectivity index (χ4n) is 2.52. The molecule has 7 heteroatoms. The number of benzene rings is 2. The minimum Gasteiger partial charge on any atom is -0.486 e. The van der Waals surface area contributed by atoms with E-state index in [1.54, 1.807) is 18.2 Å². The van der Waals surface area contributed by atoms with Crippen LogP contribution in [0.1, 0.15) is 0 Å². The zero-order valence-electron chi connectivity index (χ0n) is 12.1. The van der Waals surface area contributed by atoms with Crippen LogP contribution in [-0.2, 0) is 10.0 Å². The van der Waals surface area contributed by atoms with Gasteiger partial charge >= 0.3 is 0 Å². The number of hydrogen-bond acceptors (Lipinski definition) is 4. The fourth-order valence-corrected chi connectivity index (χ4v) is 3.58. The molecule has 4 rings (SSSR count). The second-order valence-corrected chi connectivity index (χ2v) is 6.87. The molecule has 0 radical (unpaired) electrons. The molecule has 0 atom stereocenters. The quantitative estimate of drug-likeness (QED) is 0.774. The molecule has 1 aliphatic rings. The van der Waals surface area contributed by atoms with E-state index in [2.05, 4.69) is 9.71 Å². The summed E-state index contributed by atoms with van der Waals surface area (Å²) in [4.78, 5) is 3.19. The third-order valence-corrected chi connectivity index (χ3v) is 5.01. The highest BCUT2D eigenvalue weighted by atomic mass is 32.2. The van der Waals surface area contributed by atoms with Crippen LogP contribution in [0.3, 0.4) is 0 Å². The number of fused-ring (bicyclic) bond motifs is 2. The molecule has 0 amide bonds. The lowest BCUT2D eigenvalue weighted by Gasteiger charge is -2.19. The van der Waals surface area contributed by atoms with Crippen molar-refractivity contribution in [3.8, 4) is 11.5 Å². The van der Waals surface area contributed by atoms with Crippen LogP contribution in [0.4, 0.5) is 5.69 Å². The van der Waals surface area contributed by atoms with Gasteiger partial charge in [-0.3, -0.25) is 4.72 Å². The van der Waals surface area contributed by atoms with E-state index >= 15 is 0 Å². The van der Waals surface area contributed by atoms with Crippen LogP contribution in [0.25, 0.3) is 10.9 Å². The summed E-state index contributed by atoms with van der Waals surface area (Å²) in [7, 11) is -3.70. The first-order chi connectivity index (χ1) is 11.1. The van der Waals surface area contributed by atoms with E-state index in [-0.39, 0.29) is 4.90 Å². The van der Waals surface area contributed by atoms with Crippen LogP contribution < -0.4 is 14.2 Å². The molecule has 23 heavy (non-hydrogen) atoms. The molecule has 0 unspecified atom stereocenters. The van der Waals surface area contributed by atoms with E-state index in [1.165, 1.54) is 12.1 Å². The van der Waals surface area contributed by atoms with Gasteiger partial charge in [0.05, 0.1) is 10.6 Å². The topological polar surface area (TPSA) is 80.4 Å². The predicted octanol–water partition coefficient (Wildman–Crippen LogP) is 2.74. The molecule has 118 valence electrons. The van der Waals surface area contributed by atoms with Crippen molar-refractivity contribution in [3.05, 3.63) is 48.7 Å². The molecule has 0 spiro atoms. The fraction of sp³-hybridized carbons (Fsp3) is 0.125. The number of sulfonamides is 1. The van der Waals surface area contributed by atoms with E-state index in [9.17, 15) is 8.42 Å². The van der Waals surface area contributed by atoms with E-state index < -0.39 is 10.0 Å². The highest BCUT2D eigenvalue weighted by Crippen LogP contribution is 2.32. The van der Waals surface area contributed by atoms with Gasteiger partial charge in [-0.25, -0.2) is 8.42 Å². The Kier molecular flexibility index (Phi) is 3.16. The molecule has 0 fully saturated rings. The summed E-state index contributed by atoms with van der Waals surface area (Å²) < 4.78 is 38.5. The summed E-state index contributed by atoms with van der Waals surface area (Å²) in [5, 5.41) is 1.02. The average molecular weight is 330 g/mol. The SMILES string of the molecule is O=S(=O)(Nc1ccc2cc[nH]c2c1)c1ccc2c(c1)OCCO2. The van der Waals surface area contributed by atoms with Crippen molar-refractivity contribution in [2.45, 2.75) is 4.90 Å². The van der Waals surface area contributed by atoms with Gasteiger partial charge in [-0.15, -0.1) is 0 Å². The first kappa shape index (κ1) is 14.0. The Bertz CT molecular complexity index is 979. The largest absolute Gasteiger partial charge is 0.486 e. The van der Waals surface area contributed by atoms with Crippen molar-refractivity contribution in [3.63, 3.8) is 0 Å². The van der Waals surface area contributed by atoms with Crippen LogP contribution >= 0.6 is 0 Å². The van der Waals surface area contributed by atoms with E-state index in [4.69, 9.17) is 9.47 Å². The number of aromatic amines is 1. The molecule has 6 nitrogen and oxygen atoms in total. The minimum absolute atomic E-state index is 0.133. The highest BCUT2D eigenvalue weighted by Gasteiger charge is 2.19. The Morgan fingerprint density at radius 2 is 1.78 bits per heavy atom. The molecule has 2 aromatic carbocycles. The van der Waals surface area contributed by atoms with Crippen LogP contribution in [-0.4, -0.2) is 26.6 Å². The standard InChI is InChI=1S/C16H14N2O4S/c19-23(20,13-3-4-15-16(10-13)22-8-7-21-15)18-12-2-1-11-5-6-17-14(11)9-12/h1-6,9-10,17-18H,7-8H2. The monoisotopic (exact) mass is 330 g/mol.